The summed E-state index contributed by atoms with van der Waals surface area (Å²) in [5, 5.41) is 8.16. The lowest BCUT2D eigenvalue weighted by atomic mass is 10.1. The zero-order valence-electron chi connectivity index (χ0n) is 11.6. The average Bonchev–Trinajstić information content (AvgIpc) is 2.43. The summed E-state index contributed by atoms with van der Waals surface area (Å²) in [4.78, 5) is 23.3. The molecular weight excluding hydrogens is 282 g/mol. The predicted octanol–water partition coefficient (Wildman–Crippen LogP) is 0.643. The minimum atomic E-state index is -0.233. The molecule has 0 aliphatic carbocycles. The summed E-state index contributed by atoms with van der Waals surface area (Å²) >= 11 is 0. The standard InChI is InChI=1S/C13H19N3O3.ClH/c1-14-13(18)10-5-3-4-6-11(10)16-12(17)9-15-7-8-19-2;/h3-6,15H,7-9H2,1-2H3,(H,14,18)(H,16,17);1H. The van der Waals surface area contributed by atoms with Crippen LogP contribution in [0.2, 0.25) is 0 Å². The number of nitrogens with one attached hydrogen (secondary N) is 3. The molecule has 1 aromatic rings. The molecule has 3 N–H and O–H groups in total. The molecule has 1 rings (SSSR count). The Hall–Kier alpha value is -1.63. The van der Waals surface area contributed by atoms with Gasteiger partial charge in [-0.05, 0) is 12.1 Å². The monoisotopic (exact) mass is 301 g/mol. The fraction of sp³-hybridized carbons (Fsp3) is 0.385. The van der Waals surface area contributed by atoms with Crippen molar-refractivity contribution in [2.75, 3.05) is 39.2 Å². The fourth-order valence-corrected chi connectivity index (χ4v) is 1.50. The summed E-state index contributed by atoms with van der Waals surface area (Å²) in [5.74, 6) is -0.435. The van der Waals surface area contributed by atoms with Crippen molar-refractivity contribution in [1.82, 2.24) is 10.6 Å². The number of anilines is 1. The van der Waals surface area contributed by atoms with Gasteiger partial charge in [0.15, 0.2) is 0 Å². The van der Waals surface area contributed by atoms with Crippen LogP contribution in [-0.4, -0.2) is 45.7 Å². The zero-order chi connectivity index (χ0) is 14.1. The van der Waals surface area contributed by atoms with Gasteiger partial charge in [-0.15, -0.1) is 12.4 Å². The van der Waals surface area contributed by atoms with Crippen LogP contribution in [0.4, 0.5) is 5.69 Å². The predicted molar refractivity (Wildman–Crippen MR) is 80.5 cm³/mol. The van der Waals surface area contributed by atoms with Gasteiger partial charge in [0.05, 0.1) is 24.4 Å². The maximum Gasteiger partial charge on any atom is 0.253 e. The van der Waals surface area contributed by atoms with E-state index in [9.17, 15) is 9.59 Å². The van der Waals surface area contributed by atoms with Crippen molar-refractivity contribution in [2.24, 2.45) is 0 Å². The van der Waals surface area contributed by atoms with Crippen molar-refractivity contribution >= 4 is 29.9 Å². The lowest BCUT2D eigenvalue weighted by Gasteiger charge is -2.10. The second-order valence-corrected chi connectivity index (χ2v) is 3.84. The second-order valence-electron chi connectivity index (χ2n) is 3.84. The lowest BCUT2D eigenvalue weighted by molar-refractivity contribution is -0.115. The van der Waals surface area contributed by atoms with Gasteiger partial charge in [-0.1, -0.05) is 12.1 Å². The normalized spacial score (nSPS) is 9.50. The van der Waals surface area contributed by atoms with E-state index in [1.54, 1.807) is 38.4 Å². The van der Waals surface area contributed by atoms with E-state index in [1.165, 1.54) is 0 Å². The van der Waals surface area contributed by atoms with Crippen LogP contribution in [0.5, 0.6) is 0 Å². The van der Waals surface area contributed by atoms with Crippen molar-refractivity contribution in [3.8, 4) is 0 Å². The number of carbonyl (C=O) groups excluding carboxylic acids is 2. The van der Waals surface area contributed by atoms with Crippen molar-refractivity contribution in [3.63, 3.8) is 0 Å². The fourth-order valence-electron chi connectivity index (χ4n) is 1.50. The molecule has 0 heterocycles. The van der Waals surface area contributed by atoms with Crippen LogP contribution < -0.4 is 16.0 Å². The molecule has 20 heavy (non-hydrogen) atoms. The Morgan fingerprint density at radius 3 is 2.60 bits per heavy atom. The molecule has 2 amide bonds. The van der Waals surface area contributed by atoms with E-state index in [-0.39, 0.29) is 30.8 Å². The minimum absolute atomic E-state index is 0. The number of hydrogen-bond acceptors (Lipinski definition) is 4. The Balaban J connectivity index is 0.00000361. The Morgan fingerprint density at radius 2 is 1.95 bits per heavy atom. The molecule has 0 unspecified atom stereocenters. The van der Waals surface area contributed by atoms with E-state index in [2.05, 4.69) is 16.0 Å². The first kappa shape index (κ1) is 18.4. The third-order valence-electron chi connectivity index (χ3n) is 2.44. The molecule has 1 aromatic carbocycles. The molecule has 0 atom stereocenters. The van der Waals surface area contributed by atoms with E-state index in [0.717, 1.165) is 0 Å². The Morgan fingerprint density at radius 1 is 1.25 bits per heavy atom. The van der Waals surface area contributed by atoms with Crippen molar-refractivity contribution in [3.05, 3.63) is 29.8 Å². The number of amides is 2. The molecule has 112 valence electrons. The average molecular weight is 302 g/mol. The molecule has 0 aliphatic rings. The summed E-state index contributed by atoms with van der Waals surface area (Å²) in [6, 6.07) is 6.86. The first-order valence-corrected chi connectivity index (χ1v) is 5.99. The van der Waals surface area contributed by atoms with Crippen molar-refractivity contribution in [1.29, 1.82) is 0 Å². The van der Waals surface area contributed by atoms with Crippen LogP contribution in [0.15, 0.2) is 24.3 Å². The highest BCUT2D eigenvalue weighted by atomic mass is 35.5. The van der Waals surface area contributed by atoms with Gasteiger partial charge in [0, 0.05) is 20.7 Å². The van der Waals surface area contributed by atoms with Gasteiger partial charge in [-0.25, -0.2) is 0 Å². The van der Waals surface area contributed by atoms with Gasteiger partial charge >= 0.3 is 0 Å². The summed E-state index contributed by atoms with van der Waals surface area (Å²) < 4.78 is 4.86. The first-order chi connectivity index (χ1) is 9.19. The SMILES string of the molecule is CNC(=O)c1ccccc1NC(=O)CNCCOC.Cl. The summed E-state index contributed by atoms with van der Waals surface area (Å²) in [6.45, 7) is 1.31. The lowest BCUT2D eigenvalue weighted by Crippen LogP contribution is -2.31. The van der Waals surface area contributed by atoms with E-state index in [0.29, 0.717) is 24.4 Å². The summed E-state index contributed by atoms with van der Waals surface area (Å²) in [7, 11) is 3.15. The van der Waals surface area contributed by atoms with Gasteiger partial charge in [0.1, 0.15) is 0 Å². The molecule has 6 nitrogen and oxygen atoms in total. The zero-order valence-corrected chi connectivity index (χ0v) is 12.4. The van der Waals surface area contributed by atoms with Crippen molar-refractivity contribution < 1.29 is 14.3 Å². The van der Waals surface area contributed by atoms with Gasteiger partial charge in [0.25, 0.3) is 5.91 Å². The molecule has 0 aromatic heterocycles. The Kier molecular flexibility index (Phi) is 9.36. The van der Waals surface area contributed by atoms with Crippen LogP contribution in [0, 0.1) is 0 Å². The maximum absolute atomic E-state index is 11.7. The molecule has 0 bridgehead atoms. The number of benzene rings is 1. The summed E-state index contributed by atoms with van der Waals surface area (Å²) in [6.07, 6.45) is 0. The maximum atomic E-state index is 11.7. The van der Waals surface area contributed by atoms with Crippen LogP contribution in [0.1, 0.15) is 10.4 Å². The molecular formula is C13H20ClN3O3. The minimum Gasteiger partial charge on any atom is -0.383 e. The largest absolute Gasteiger partial charge is 0.383 e. The van der Waals surface area contributed by atoms with Crippen LogP contribution in [0.25, 0.3) is 0 Å². The Labute approximate surface area is 124 Å². The van der Waals surface area contributed by atoms with Crippen LogP contribution in [-0.2, 0) is 9.53 Å². The third kappa shape index (κ3) is 6.01. The topological polar surface area (TPSA) is 79.5 Å². The smallest absolute Gasteiger partial charge is 0.253 e. The number of para-hydroxylation sites is 1. The summed E-state index contributed by atoms with van der Waals surface area (Å²) in [5.41, 5.74) is 0.940. The number of carbonyl (C=O) groups is 2. The van der Waals surface area contributed by atoms with Gasteiger partial charge < -0.3 is 20.7 Å². The van der Waals surface area contributed by atoms with Gasteiger partial charge in [-0.2, -0.15) is 0 Å². The Bertz CT molecular complexity index is 441. The molecule has 0 aliphatic heterocycles. The first-order valence-electron chi connectivity index (χ1n) is 5.99. The highest BCUT2D eigenvalue weighted by Gasteiger charge is 2.11. The molecule has 0 saturated heterocycles. The highest BCUT2D eigenvalue weighted by Crippen LogP contribution is 2.14. The number of ether oxygens (including phenoxy) is 1. The van der Waals surface area contributed by atoms with Crippen LogP contribution >= 0.6 is 12.4 Å². The number of methoxy groups -OCH3 is 1. The van der Waals surface area contributed by atoms with Gasteiger partial charge in [-0.3, -0.25) is 9.59 Å². The third-order valence-corrected chi connectivity index (χ3v) is 2.44. The van der Waals surface area contributed by atoms with Crippen LogP contribution in [0.3, 0.4) is 0 Å². The molecule has 7 heteroatoms. The van der Waals surface area contributed by atoms with E-state index in [1.807, 2.05) is 0 Å². The quantitative estimate of drug-likeness (QED) is 0.646. The molecule has 0 saturated carbocycles. The number of rotatable bonds is 7. The molecule has 0 spiro atoms. The van der Waals surface area contributed by atoms with E-state index >= 15 is 0 Å². The highest BCUT2D eigenvalue weighted by molar-refractivity contribution is 6.03. The molecule has 0 fully saturated rings. The number of hydrogen-bond donors (Lipinski definition) is 3. The van der Waals surface area contributed by atoms with Crippen molar-refractivity contribution in [2.45, 2.75) is 0 Å². The van der Waals surface area contributed by atoms with Gasteiger partial charge in [0.2, 0.25) is 5.91 Å². The van der Waals surface area contributed by atoms with E-state index < -0.39 is 0 Å². The second kappa shape index (κ2) is 10.2. The number of halogens is 1. The molecule has 0 radical (unpaired) electrons. The van der Waals surface area contributed by atoms with E-state index in [4.69, 9.17) is 4.74 Å².